The van der Waals surface area contributed by atoms with Gasteiger partial charge in [-0.1, -0.05) is 17.7 Å². The molecule has 2 N–H and O–H groups in total. The van der Waals surface area contributed by atoms with Gasteiger partial charge in [-0.15, -0.1) is 0 Å². The van der Waals surface area contributed by atoms with Gasteiger partial charge in [0.15, 0.2) is 0 Å². The van der Waals surface area contributed by atoms with Crippen molar-refractivity contribution in [2.75, 3.05) is 5.73 Å². The summed E-state index contributed by atoms with van der Waals surface area (Å²) in [7, 11) is 0. The maximum Gasteiger partial charge on any atom is 0.201 e. The lowest BCUT2D eigenvalue weighted by Gasteiger charge is -2.06. The first kappa shape index (κ1) is 12.0. The van der Waals surface area contributed by atoms with Crippen LogP contribution in [0.25, 0.3) is 11.0 Å². The number of para-hydroxylation sites is 1. The summed E-state index contributed by atoms with van der Waals surface area (Å²) in [6.07, 6.45) is 3.84. The van der Waals surface area contributed by atoms with Gasteiger partial charge in [0, 0.05) is 12.7 Å². The molecule has 0 atom stereocenters. The minimum absolute atomic E-state index is 0.479. The van der Waals surface area contributed by atoms with Crippen LogP contribution in [-0.2, 0) is 13.1 Å². The largest absolute Gasteiger partial charge is 0.369 e. The van der Waals surface area contributed by atoms with Crippen LogP contribution in [0.2, 0.25) is 5.02 Å². The number of hydrogen-bond donors (Lipinski definition) is 1. The summed E-state index contributed by atoms with van der Waals surface area (Å²) < 4.78 is 3.85. The first-order valence-corrected chi connectivity index (χ1v) is 6.42. The molecule has 0 spiro atoms. The van der Waals surface area contributed by atoms with Crippen molar-refractivity contribution in [2.45, 2.75) is 20.0 Å². The Hall–Kier alpha value is -2.01. The molecule has 2 aromatic heterocycles. The summed E-state index contributed by atoms with van der Waals surface area (Å²) in [6.45, 7) is 3.48. The minimum Gasteiger partial charge on any atom is -0.369 e. The maximum atomic E-state index is 6.11. The van der Waals surface area contributed by atoms with E-state index in [0.29, 0.717) is 17.5 Å². The van der Waals surface area contributed by atoms with E-state index in [-0.39, 0.29) is 0 Å². The molecule has 0 radical (unpaired) electrons. The molecule has 0 unspecified atom stereocenters. The van der Waals surface area contributed by atoms with Crippen molar-refractivity contribution in [3.05, 3.63) is 41.2 Å². The Labute approximate surface area is 115 Å². The van der Waals surface area contributed by atoms with E-state index in [1.165, 1.54) is 0 Å². The maximum absolute atomic E-state index is 6.11. The quantitative estimate of drug-likeness (QED) is 0.799. The number of hydrogen-bond acceptors (Lipinski definition) is 3. The molecule has 98 valence electrons. The van der Waals surface area contributed by atoms with Crippen LogP contribution in [0.1, 0.15) is 5.56 Å². The van der Waals surface area contributed by atoms with Crippen LogP contribution in [0.15, 0.2) is 30.6 Å². The Morgan fingerprint density at radius 2 is 2.16 bits per heavy atom. The Balaban J connectivity index is 1.92. The van der Waals surface area contributed by atoms with Gasteiger partial charge in [-0.2, -0.15) is 5.10 Å². The zero-order valence-corrected chi connectivity index (χ0v) is 11.3. The highest BCUT2D eigenvalue weighted by atomic mass is 35.5. The summed E-state index contributed by atoms with van der Waals surface area (Å²) in [6, 6.07) is 5.69. The molecule has 2 heterocycles. The number of aryl methyl sites for hydroxylation is 3. The van der Waals surface area contributed by atoms with Crippen molar-refractivity contribution in [3.8, 4) is 0 Å². The molecule has 0 saturated carbocycles. The molecule has 5 nitrogen and oxygen atoms in total. The molecule has 0 bridgehead atoms. The van der Waals surface area contributed by atoms with Gasteiger partial charge >= 0.3 is 0 Å². The van der Waals surface area contributed by atoms with Crippen molar-refractivity contribution >= 4 is 28.6 Å². The van der Waals surface area contributed by atoms with Crippen LogP contribution in [-0.4, -0.2) is 19.3 Å². The second-order valence-corrected chi connectivity index (χ2v) is 4.92. The number of halogens is 1. The van der Waals surface area contributed by atoms with E-state index in [1.54, 1.807) is 0 Å². The number of nitrogens with zero attached hydrogens (tertiary/aromatic N) is 4. The van der Waals surface area contributed by atoms with Gasteiger partial charge in [-0.25, -0.2) is 4.98 Å². The highest BCUT2D eigenvalue weighted by Gasteiger charge is 2.10. The standard InChI is InChI=1S/C13H14ClN5/c1-9-7-16-18(8-9)5-6-19-11-4-2-3-10(14)12(11)17-13(19)15/h2-4,7-8H,5-6H2,1H3,(H2,15,17). The summed E-state index contributed by atoms with van der Waals surface area (Å²) in [5.41, 5.74) is 8.80. The Morgan fingerprint density at radius 3 is 2.89 bits per heavy atom. The molecule has 1 aromatic carbocycles. The summed E-state index contributed by atoms with van der Waals surface area (Å²) in [4.78, 5) is 4.31. The van der Waals surface area contributed by atoms with E-state index >= 15 is 0 Å². The number of fused-ring (bicyclic) bond motifs is 1. The van der Waals surface area contributed by atoms with E-state index in [2.05, 4.69) is 10.1 Å². The Morgan fingerprint density at radius 1 is 1.32 bits per heavy atom. The fraction of sp³-hybridized carbons (Fsp3) is 0.231. The lowest BCUT2D eigenvalue weighted by molar-refractivity contribution is 0.544. The highest BCUT2D eigenvalue weighted by molar-refractivity contribution is 6.35. The normalized spacial score (nSPS) is 11.3. The third-order valence-electron chi connectivity index (χ3n) is 3.07. The van der Waals surface area contributed by atoms with Gasteiger partial charge < -0.3 is 10.3 Å². The first-order chi connectivity index (χ1) is 9.15. The van der Waals surface area contributed by atoms with E-state index in [4.69, 9.17) is 17.3 Å². The number of imidazole rings is 1. The molecule has 0 aliphatic carbocycles. The van der Waals surface area contributed by atoms with Gasteiger partial charge in [0.25, 0.3) is 0 Å². The second-order valence-electron chi connectivity index (χ2n) is 4.51. The van der Waals surface area contributed by atoms with Crippen molar-refractivity contribution in [2.24, 2.45) is 0 Å². The minimum atomic E-state index is 0.479. The van der Waals surface area contributed by atoms with Crippen LogP contribution in [0, 0.1) is 6.92 Å². The van der Waals surface area contributed by atoms with E-state index in [0.717, 1.165) is 23.1 Å². The fourth-order valence-electron chi connectivity index (χ4n) is 2.16. The molecule has 3 rings (SSSR count). The molecule has 0 saturated heterocycles. The lowest BCUT2D eigenvalue weighted by atomic mass is 10.3. The average molecular weight is 276 g/mol. The second kappa shape index (κ2) is 4.59. The SMILES string of the molecule is Cc1cnn(CCn2c(N)nc3c(Cl)cccc32)c1. The summed E-state index contributed by atoms with van der Waals surface area (Å²) in [5.74, 6) is 0.479. The summed E-state index contributed by atoms with van der Waals surface area (Å²) >= 11 is 6.11. The van der Waals surface area contributed by atoms with Gasteiger partial charge in [-0.3, -0.25) is 4.68 Å². The van der Waals surface area contributed by atoms with Crippen LogP contribution < -0.4 is 5.73 Å². The number of nitrogen functional groups attached to an aromatic ring is 1. The monoisotopic (exact) mass is 275 g/mol. The zero-order valence-electron chi connectivity index (χ0n) is 10.5. The fourth-order valence-corrected chi connectivity index (χ4v) is 2.37. The molecule has 0 amide bonds. The molecule has 0 aliphatic heterocycles. The van der Waals surface area contributed by atoms with E-state index < -0.39 is 0 Å². The van der Waals surface area contributed by atoms with E-state index in [1.807, 2.05) is 46.8 Å². The number of rotatable bonds is 3. The van der Waals surface area contributed by atoms with Crippen LogP contribution in [0.4, 0.5) is 5.95 Å². The number of aromatic nitrogens is 4. The third-order valence-corrected chi connectivity index (χ3v) is 3.38. The van der Waals surface area contributed by atoms with E-state index in [9.17, 15) is 0 Å². The van der Waals surface area contributed by atoms with Crippen LogP contribution in [0.5, 0.6) is 0 Å². The molecular formula is C13H14ClN5. The van der Waals surface area contributed by atoms with Gasteiger partial charge in [0.1, 0.15) is 5.52 Å². The molecule has 19 heavy (non-hydrogen) atoms. The molecule has 0 aliphatic rings. The van der Waals surface area contributed by atoms with Crippen molar-refractivity contribution in [1.82, 2.24) is 19.3 Å². The van der Waals surface area contributed by atoms with Crippen molar-refractivity contribution in [1.29, 1.82) is 0 Å². The predicted octanol–water partition coefficient (Wildman–Crippen LogP) is 2.48. The summed E-state index contributed by atoms with van der Waals surface area (Å²) in [5, 5.41) is 4.88. The van der Waals surface area contributed by atoms with Crippen molar-refractivity contribution < 1.29 is 0 Å². The van der Waals surface area contributed by atoms with Gasteiger partial charge in [0.05, 0.1) is 23.3 Å². The molecule has 0 fully saturated rings. The average Bonchev–Trinajstić information content (AvgIpc) is 2.92. The Kier molecular flexibility index (Phi) is 2.91. The van der Waals surface area contributed by atoms with Gasteiger partial charge in [-0.05, 0) is 24.6 Å². The van der Waals surface area contributed by atoms with Crippen LogP contribution in [0.3, 0.4) is 0 Å². The predicted molar refractivity (Wildman–Crippen MR) is 76.1 cm³/mol. The molecule has 3 aromatic rings. The van der Waals surface area contributed by atoms with Crippen molar-refractivity contribution in [3.63, 3.8) is 0 Å². The van der Waals surface area contributed by atoms with Gasteiger partial charge in [0.2, 0.25) is 5.95 Å². The first-order valence-electron chi connectivity index (χ1n) is 6.04. The number of benzene rings is 1. The Bertz CT molecular complexity index is 728. The van der Waals surface area contributed by atoms with Crippen LogP contribution >= 0.6 is 11.6 Å². The molecule has 6 heteroatoms. The highest BCUT2D eigenvalue weighted by Crippen LogP contribution is 2.24. The number of anilines is 1. The zero-order chi connectivity index (χ0) is 13.4. The molecular weight excluding hydrogens is 262 g/mol. The number of nitrogens with two attached hydrogens (primary N) is 1. The smallest absolute Gasteiger partial charge is 0.201 e. The lowest BCUT2D eigenvalue weighted by Crippen LogP contribution is -2.10. The third kappa shape index (κ3) is 2.17. The topological polar surface area (TPSA) is 61.7 Å².